The molecule has 2 atom stereocenters. The van der Waals surface area contributed by atoms with E-state index in [9.17, 15) is 9.59 Å². The zero-order valence-corrected chi connectivity index (χ0v) is 14.5. The number of fused-ring (bicyclic) bond motifs is 4. The fraction of sp³-hybridized carbons (Fsp3) is 0.579. The normalized spacial score (nSPS) is 26.6. The van der Waals surface area contributed by atoms with Gasteiger partial charge in [0.1, 0.15) is 13.2 Å². The molecule has 4 saturated heterocycles. The number of nitrogens with zero attached hydrogens (tertiary/aromatic N) is 3. The monoisotopic (exact) mass is 343 g/mol. The second-order valence-electron chi connectivity index (χ2n) is 7.35. The Labute approximate surface area is 148 Å². The van der Waals surface area contributed by atoms with E-state index in [0.717, 1.165) is 32.6 Å². The molecule has 2 bridgehead atoms. The second kappa shape index (κ2) is 7.04. The lowest BCUT2D eigenvalue weighted by atomic mass is 9.94. The molecular weight excluding hydrogens is 318 g/mol. The first-order valence-corrected chi connectivity index (χ1v) is 9.16. The van der Waals surface area contributed by atoms with Crippen LogP contribution >= 0.6 is 0 Å². The van der Waals surface area contributed by atoms with Crippen LogP contribution in [0.25, 0.3) is 0 Å². The topological polar surface area (TPSA) is 53.1 Å². The second-order valence-corrected chi connectivity index (χ2v) is 7.35. The van der Waals surface area contributed by atoms with Crippen LogP contribution in [0.15, 0.2) is 30.3 Å². The molecule has 25 heavy (non-hydrogen) atoms. The van der Waals surface area contributed by atoms with Gasteiger partial charge in [-0.25, -0.2) is 4.79 Å². The van der Waals surface area contributed by atoms with E-state index in [1.807, 2.05) is 11.0 Å². The lowest BCUT2D eigenvalue weighted by Gasteiger charge is -2.36. The molecule has 0 spiro atoms. The van der Waals surface area contributed by atoms with Gasteiger partial charge in [0.05, 0.1) is 6.54 Å². The molecule has 4 heterocycles. The molecule has 0 N–H and O–H groups in total. The van der Waals surface area contributed by atoms with Crippen LogP contribution in [-0.4, -0.2) is 72.1 Å². The Morgan fingerprint density at radius 1 is 1.12 bits per heavy atom. The van der Waals surface area contributed by atoms with Crippen LogP contribution in [0.4, 0.5) is 4.79 Å². The van der Waals surface area contributed by atoms with Crippen molar-refractivity contribution < 1.29 is 14.3 Å². The Hall–Kier alpha value is -2.08. The van der Waals surface area contributed by atoms with Gasteiger partial charge in [-0.2, -0.15) is 0 Å². The molecule has 0 saturated carbocycles. The smallest absolute Gasteiger partial charge is 0.410 e. The molecule has 1 aromatic rings. The SMILES string of the molecule is O=C(CN1CCOC1=O)N1C[C@@H]2CC[C@H](C1)N(Cc1ccccc1)C2. The molecule has 6 nitrogen and oxygen atoms in total. The molecule has 0 aromatic heterocycles. The quantitative estimate of drug-likeness (QED) is 0.833. The Morgan fingerprint density at radius 3 is 2.72 bits per heavy atom. The number of benzene rings is 1. The van der Waals surface area contributed by atoms with Gasteiger partial charge in [0.25, 0.3) is 0 Å². The van der Waals surface area contributed by atoms with Gasteiger partial charge in [0.15, 0.2) is 0 Å². The highest BCUT2D eigenvalue weighted by molar-refractivity contribution is 5.83. The lowest BCUT2D eigenvalue weighted by molar-refractivity contribution is -0.132. The third-order valence-electron chi connectivity index (χ3n) is 5.58. The third kappa shape index (κ3) is 3.63. The molecule has 4 fully saturated rings. The minimum atomic E-state index is -0.364. The Morgan fingerprint density at radius 2 is 1.96 bits per heavy atom. The predicted molar refractivity (Wildman–Crippen MR) is 92.9 cm³/mol. The summed E-state index contributed by atoms with van der Waals surface area (Å²) in [7, 11) is 0. The zero-order chi connectivity index (χ0) is 17.2. The summed E-state index contributed by atoms with van der Waals surface area (Å²) in [6.45, 7) is 4.64. The summed E-state index contributed by atoms with van der Waals surface area (Å²) >= 11 is 0. The highest BCUT2D eigenvalue weighted by Crippen LogP contribution is 2.29. The average Bonchev–Trinajstić information content (AvgIpc) is 2.83. The number of hydrogen-bond donors (Lipinski definition) is 0. The van der Waals surface area contributed by atoms with Gasteiger partial charge in [-0.05, 0) is 24.3 Å². The molecule has 0 aliphatic carbocycles. The van der Waals surface area contributed by atoms with Crippen LogP contribution in [0.1, 0.15) is 18.4 Å². The van der Waals surface area contributed by atoms with Crippen LogP contribution in [-0.2, 0) is 16.1 Å². The molecule has 6 heteroatoms. The third-order valence-corrected chi connectivity index (χ3v) is 5.58. The lowest BCUT2D eigenvalue weighted by Crippen LogP contribution is -2.45. The molecule has 5 rings (SSSR count). The first-order chi connectivity index (χ1) is 12.2. The van der Waals surface area contributed by atoms with Crippen molar-refractivity contribution in [2.75, 3.05) is 39.3 Å². The summed E-state index contributed by atoms with van der Waals surface area (Å²) in [5.41, 5.74) is 1.33. The highest BCUT2D eigenvalue weighted by Gasteiger charge is 2.37. The summed E-state index contributed by atoms with van der Waals surface area (Å²) in [4.78, 5) is 30.3. The first kappa shape index (κ1) is 16.4. The summed E-state index contributed by atoms with van der Waals surface area (Å²) in [6, 6.07) is 10.9. The summed E-state index contributed by atoms with van der Waals surface area (Å²) in [6.07, 6.45) is 1.97. The van der Waals surface area contributed by atoms with Gasteiger partial charge in [-0.1, -0.05) is 30.3 Å². The van der Waals surface area contributed by atoms with E-state index in [-0.39, 0.29) is 18.5 Å². The van der Waals surface area contributed by atoms with Crippen LogP contribution in [0.5, 0.6) is 0 Å². The van der Waals surface area contributed by atoms with Crippen molar-refractivity contribution in [3.8, 4) is 0 Å². The number of rotatable bonds is 4. The fourth-order valence-corrected chi connectivity index (χ4v) is 4.23. The summed E-state index contributed by atoms with van der Waals surface area (Å²) < 4.78 is 4.92. The number of piperidine rings is 1. The van der Waals surface area contributed by atoms with E-state index in [4.69, 9.17) is 4.74 Å². The standard InChI is InChI=1S/C19H25N3O3/c23-18(14-20-8-9-25-19(20)24)22-12-16-6-7-17(13-22)21(11-16)10-15-4-2-1-3-5-15/h1-5,16-17H,6-14H2/t16-,17-/m1/s1. The molecule has 134 valence electrons. The molecule has 4 aliphatic heterocycles. The maximum absolute atomic E-state index is 12.7. The minimum Gasteiger partial charge on any atom is -0.448 e. The van der Waals surface area contributed by atoms with Crippen molar-refractivity contribution in [3.05, 3.63) is 35.9 Å². The van der Waals surface area contributed by atoms with Crippen molar-refractivity contribution in [2.24, 2.45) is 5.92 Å². The molecule has 1 aromatic carbocycles. The van der Waals surface area contributed by atoms with Crippen molar-refractivity contribution in [1.82, 2.24) is 14.7 Å². The number of carbonyl (C=O) groups excluding carboxylic acids is 2. The molecule has 2 amide bonds. The fourth-order valence-electron chi connectivity index (χ4n) is 4.23. The van der Waals surface area contributed by atoms with Gasteiger partial charge in [-0.3, -0.25) is 14.6 Å². The summed E-state index contributed by atoms with van der Waals surface area (Å²) in [5, 5.41) is 0. The van der Waals surface area contributed by atoms with Crippen LogP contribution < -0.4 is 0 Å². The zero-order valence-electron chi connectivity index (χ0n) is 14.5. The van der Waals surface area contributed by atoms with Crippen LogP contribution in [0.2, 0.25) is 0 Å². The van der Waals surface area contributed by atoms with E-state index in [2.05, 4.69) is 29.2 Å². The Balaban J connectivity index is 1.40. The van der Waals surface area contributed by atoms with Gasteiger partial charge < -0.3 is 9.64 Å². The van der Waals surface area contributed by atoms with Crippen molar-refractivity contribution in [1.29, 1.82) is 0 Å². The largest absolute Gasteiger partial charge is 0.448 e. The van der Waals surface area contributed by atoms with Crippen molar-refractivity contribution in [2.45, 2.75) is 25.4 Å². The van der Waals surface area contributed by atoms with E-state index in [1.54, 1.807) is 0 Å². The van der Waals surface area contributed by atoms with Crippen molar-refractivity contribution >= 4 is 12.0 Å². The van der Waals surface area contributed by atoms with E-state index < -0.39 is 0 Å². The Bertz CT molecular complexity index is 636. The highest BCUT2D eigenvalue weighted by atomic mass is 16.6. The van der Waals surface area contributed by atoms with Crippen LogP contribution in [0.3, 0.4) is 0 Å². The van der Waals surface area contributed by atoms with Gasteiger partial charge in [0, 0.05) is 32.2 Å². The molecule has 0 unspecified atom stereocenters. The van der Waals surface area contributed by atoms with Gasteiger partial charge in [-0.15, -0.1) is 0 Å². The predicted octanol–water partition coefficient (Wildman–Crippen LogP) is 1.56. The van der Waals surface area contributed by atoms with E-state index in [1.165, 1.54) is 16.9 Å². The number of amides is 2. The van der Waals surface area contributed by atoms with Gasteiger partial charge in [0.2, 0.25) is 5.91 Å². The maximum Gasteiger partial charge on any atom is 0.410 e. The minimum absolute atomic E-state index is 0.0531. The number of carbonyl (C=O) groups is 2. The van der Waals surface area contributed by atoms with Gasteiger partial charge >= 0.3 is 6.09 Å². The number of cyclic esters (lactones) is 1. The maximum atomic E-state index is 12.7. The van der Waals surface area contributed by atoms with E-state index >= 15 is 0 Å². The van der Waals surface area contributed by atoms with E-state index in [0.29, 0.717) is 25.1 Å². The molecule has 0 radical (unpaired) electrons. The first-order valence-electron chi connectivity index (χ1n) is 9.16. The Kier molecular flexibility index (Phi) is 4.61. The molecule has 4 aliphatic rings. The van der Waals surface area contributed by atoms with Crippen molar-refractivity contribution in [3.63, 3.8) is 0 Å². The number of ether oxygens (including phenoxy) is 1. The van der Waals surface area contributed by atoms with Crippen LogP contribution in [0, 0.1) is 5.92 Å². The molecular formula is C19H25N3O3. The number of hydrogen-bond acceptors (Lipinski definition) is 4. The average molecular weight is 343 g/mol. The summed E-state index contributed by atoms with van der Waals surface area (Å²) in [5.74, 6) is 0.578.